The highest BCUT2D eigenvalue weighted by Gasteiger charge is 2.24. The summed E-state index contributed by atoms with van der Waals surface area (Å²) in [6, 6.07) is 18.8. The molecule has 40 heavy (non-hydrogen) atoms. The van der Waals surface area contributed by atoms with Crippen LogP contribution in [0.25, 0.3) is 22.5 Å². The number of aromatic nitrogens is 3. The summed E-state index contributed by atoms with van der Waals surface area (Å²) in [7, 11) is 0. The van der Waals surface area contributed by atoms with E-state index in [0.29, 0.717) is 17.3 Å². The topological polar surface area (TPSA) is 84.2 Å². The molecule has 3 heterocycles. The van der Waals surface area contributed by atoms with Crippen LogP contribution >= 0.6 is 0 Å². The van der Waals surface area contributed by atoms with Gasteiger partial charge in [-0.1, -0.05) is 41.6 Å². The van der Waals surface area contributed by atoms with E-state index in [9.17, 15) is 4.79 Å². The van der Waals surface area contributed by atoms with E-state index in [-0.39, 0.29) is 11.9 Å². The van der Waals surface area contributed by atoms with E-state index in [0.717, 1.165) is 56.8 Å². The molecule has 0 bridgehead atoms. The van der Waals surface area contributed by atoms with E-state index in [4.69, 9.17) is 4.52 Å². The quantitative estimate of drug-likeness (QED) is 0.318. The van der Waals surface area contributed by atoms with Gasteiger partial charge in [-0.3, -0.25) is 9.78 Å². The fourth-order valence-corrected chi connectivity index (χ4v) is 6.15. The summed E-state index contributed by atoms with van der Waals surface area (Å²) in [6.45, 7) is 5.17. The molecule has 2 aliphatic rings. The Morgan fingerprint density at radius 2 is 1.77 bits per heavy atom. The lowest BCUT2D eigenvalue weighted by Crippen LogP contribution is -2.38. The zero-order valence-corrected chi connectivity index (χ0v) is 23.2. The number of carbonyl (C=O) groups is 1. The third-order valence-electron chi connectivity index (χ3n) is 8.54. The second-order valence-electron chi connectivity index (χ2n) is 11.3. The number of hydrogen-bond donors (Lipinski definition) is 1. The highest BCUT2D eigenvalue weighted by molar-refractivity contribution is 5.95. The summed E-state index contributed by atoms with van der Waals surface area (Å²) >= 11 is 0. The van der Waals surface area contributed by atoms with E-state index < -0.39 is 0 Å². The third-order valence-corrected chi connectivity index (χ3v) is 8.54. The molecule has 0 radical (unpaired) electrons. The van der Waals surface area contributed by atoms with Crippen LogP contribution in [0.2, 0.25) is 0 Å². The van der Waals surface area contributed by atoms with Crippen LogP contribution in [-0.2, 0) is 12.8 Å². The van der Waals surface area contributed by atoms with E-state index in [1.807, 2.05) is 42.7 Å². The number of aryl methyl sites for hydroxylation is 1. The Morgan fingerprint density at radius 3 is 2.55 bits per heavy atom. The summed E-state index contributed by atoms with van der Waals surface area (Å²) in [5.41, 5.74) is 6.85. The van der Waals surface area contributed by atoms with E-state index >= 15 is 0 Å². The van der Waals surface area contributed by atoms with Crippen molar-refractivity contribution in [2.75, 3.05) is 19.6 Å². The lowest BCUT2D eigenvalue weighted by atomic mass is 9.84. The summed E-state index contributed by atoms with van der Waals surface area (Å²) in [5, 5.41) is 7.23. The number of hydrogen-bond acceptors (Lipinski definition) is 6. The van der Waals surface area contributed by atoms with Crippen LogP contribution < -0.4 is 5.32 Å². The Labute approximate surface area is 236 Å². The normalized spacial score (nSPS) is 19.5. The largest absolute Gasteiger partial charge is 0.349 e. The molecule has 206 valence electrons. The molecule has 0 unspecified atom stereocenters. The van der Waals surface area contributed by atoms with E-state index in [2.05, 4.69) is 49.6 Å². The molecular formula is C33H37N5O2. The third kappa shape index (κ3) is 6.31. The summed E-state index contributed by atoms with van der Waals surface area (Å²) < 4.78 is 5.08. The first kappa shape index (κ1) is 26.4. The smallest absolute Gasteiger partial charge is 0.251 e. The van der Waals surface area contributed by atoms with Gasteiger partial charge in [0.2, 0.25) is 11.7 Å². The number of amides is 1. The minimum atomic E-state index is -0.0265. The molecule has 1 saturated carbocycles. The molecule has 2 aromatic carbocycles. The molecule has 1 amide bonds. The molecule has 1 N–H and O–H groups in total. The van der Waals surface area contributed by atoms with Crippen LogP contribution in [0.1, 0.15) is 59.5 Å². The maximum atomic E-state index is 13.0. The molecule has 1 aliphatic carbocycles. The average Bonchev–Trinajstić information content (AvgIpc) is 3.33. The molecule has 1 aliphatic heterocycles. The Morgan fingerprint density at radius 1 is 0.950 bits per heavy atom. The Bertz CT molecular complexity index is 1440. The van der Waals surface area contributed by atoms with Crippen LogP contribution in [0.4, 0.5) is 0 Å². The van der Waals surface area contributed by atoms with Crippen LogP contribution in [0, 0.1) is 12.8 Å². The number of benzene rings is 2. The molecule has 0 saturated heterocycles. The molecular weight excluding hydrogens is 498 g/mol. The van der Waals surface area contributed by atoms with Gasteiger partial charge in [0.15, 0.2) is 0 Å². The fourth-order valence-electron chi connectivity index (χ4n) is 6.15. The molecule has 4 aromatic rings. The SMILES string of the molecule is Cc1nc(-c2cccc(C(=O)NC3CCC(CCN4CCc5ccc(-c6cccnc6)cc5CC4)CC3)c2)no1. The second kappa shape index (κ2) is 12.1. The van der Waals surface area contributed by atoms with Gasteiger partial charge >= 0.3 is 0 Å². The van der Waals surface area contributed by atoms with Crippen molar-refractivity contribution in [3.8, 4) is 22.5 Å². The molecule has 6 rings (SSSR count). The first-order valence-electron chi connectivity index (χ1n) is 14.6. The minimum Gasteiger partial charge on any atom is -0.349 e. The van der Waals surface area contributed by atoms with Gasteiger partial charge in [0.25, 0.3) is 5.91 Å². The lowest BCUT2D eigenvalue weighted by molar-refractivity contribution is 0.0920. The summed E-state index contributed by atoms with van der Waals surface area (Å²) in [5.74, 6) is 1.73. The van der Waals surface area contributed by atoms with Crippen LogP contribution in [0.15, 0.2) is 71.5 Å². The van der Waals surface area contributed by atoms with E-state index in [1.165, 1.54) is 41.5 Å². The van der Waals surface area contributed by atoms with Crippen molar-refractivity contribution < 1.29 is 9.32 Å². The summed E-state index contributed by atoms with van der Waals surface area (Å²) in [6.07, 6.45) is 11.7. The minimum absolute atomic E-state index is 0.0265. The van der Waals surface area contributed by atoms with Crippen LogP contribution in [0.5, 0.6) is 0 Å². The number of carbonyl (C=O) groups excluding carboxylic acids is 1. The molecule has 7 nitrogen and oxygen atoms in total. The van der Waals surface area contributed by atoms with Gasteiger partial charge in [-0.05, 0) is 97.9 Å². The van der Waals surface area contributed by atoms with Crippen molar-refractivity contribution in [3.05, 3.63) is 89.6 Å². The predicted octanol–water partition coefficient (Wildman–Crippen LogP) is 5.89. The molecule has 1 fully saturated rings. The standard InChI is InChI=1S/C33H37N5O2/c1-23-35-32(37-40-23)28-4-2-5-29(21-28)33(39)36-31-11-7-24(8-12-31)13-17-38-18-14-25-9-10-26(20-27(25)15-19-38)30-6-3-16-34-22-30/h2-6,9-10,16,20-22,24,31H,7-8,11-15,17-19H2,1H3,(H,36,39). The molecule has 0 spiro atoms. The Hall–Kier alpha value is -3.84. The maximum absolute atomic E-state index is 13.0. The van der Waals surface area contributed by atoms with Crippen molar-refractivity contribution in [1.82, 2.24) is 25.3 Å². The van der Waals surface area contributed by atoms with Gasteiger partial charge < -0.3 is 14.7 Å². The fraction of sp³-hybridized carbons (Fsp3) is 0.394. The Balaban J connectivity index is 0.955. The van der Waals surface area contributed by atoms with Crippen molar-refractivity contribution in [2.24, 2.45) is 5.92 Å². The molecule has 0 atom stereocenters. The van der Waals surface area contributed by atoms with Crippen LogP contribution in [-0.4, -0.2) is 51.6 Å². The first-order valence-corrected chi connectivity index (χ1v) is 14.6. The zero-order chi connectivity index (χ0) is 27.3. The lowest BCUT2D eigenvalue weighted by Gasteiger charge is -2.30. The van der Waals surface area contributed by atoms with Crippen molar-refractivity contribution in [3.63, 3.8) is 0 Å². The van der Waals surface area contributed by atoms with Gasteiger partial charge in [-0.2, -0.15) is 4.98 Å². The van der Waals surface area contributed by atoms with E-state index in [1.54, 1.807) is 6.92 Å². The van der Waals surface area contributed by atoms with Gasteiger partial charge in [0.1, 0.15) is 0 Å². The van der Waals surface area contributed by atoms with Gasteiger partial charge in [0, 0.05) is 49.6 Å². The maximum Gasteiger partial charge on any atom is 0.251 e. The number of fused-ring (bicyclic) bond motifs is 1. The number of nitrogens with one attached hydrogen (secondary N) is 1. The predicted molar refractivity (Wildman–Crippen MR) is 156 cm³/mol. The second-order valence-corrected chi connectivity index (χ2v) is 11.3. The van der Waals surface area contributed by atoms with Gasteiger partial charge in [0.05, 0.1) is 0 Å². The van der Waals surface area contributed by atoms with Gasteiger partial charge in [-0.25, -0.2) is 0 Å². The van der Waals surface area contributed by atoms with Crippen molar-refractivity contribution in [2.45, 2.75) is 57.9 Å². The van der Waals surface area contributed by atoms with Crippen molar-refractivity contribution >= 4 is 5.91 Å². The monoisotopic (exact) mass is 535 g/mol. The number of pyridine rings is 1. The highest BCUT2D eigenvalue weighted by Crippen LogP contribution is 2.29. The van der Waals surface area contributed by atoms with Crippen LogP contribution in [0.3, 0.4) is 0 Å². The molecule has 7 heteroatoms. The number of rotatable bonds is 7. The van der Waals surface area contributed by atoms with Crippen molar-refractivity contribution in [1.29, 1.82) is 0 Å². The zero-order valence-electron chi connectivity index (χ0n) is 23.2. The number of nitrogens with zero attached hydrogens (tertiary/aromatic N) is 4. The highest BCUT2D eigenvalue weighted by atomic mass is 16.5. The Kier molecular flexibility index (Phi) is 8.00. The average molecular weight is 536 g/mol. The summed E-state index contributed by atoms with van der Waals surface area (Å²) in [4.78, 5) is 24.2. The first-order chi connectivity index (χ1) is 19.6. The van der Waals surface area contributed by atoms with Gasteiger partial charge in [-0.15, -0.1) is 0 Å². The molecule has 2 aromatic heterocycles.